The van der Waals surface area contributed by atoms with Gasteiger partial charge in [-0.2, -0.15) is 0 Å². The highest BCUT2D eigenvalue weighted by atomic mass is 19.1. The number of rotatable bonds is 8. The minimum absolute atomic E-state index is 0.245. The molecule has 2 aromatic carbocycles. The van der Waals surface area contributed by atoms with Gasteiger partial charge in [0.1, 0.15) is 24.1 Å². The quantitative estimate of drug-likeness (QED) is 0.399. The molecule has 1 fully saturated rings. The molecule has 4 aromatic rings. The van der Waals surface area contributed by atoms with Crippen molar-refractivity contribution < 1.29 is 8.78 Å². The maximum Gasteiger partial charge on any atom is 0.123 e. The molecule has 0 bridgehead atoms. The van der Waals surface area contributed by atoms with Crippen molar-refractivity contribution in [2.45, 2.75) is 44.2 Å². The molecule has 2 aromatic heterocycles. The molecule has 0 spiro atoms. The number of aromatic nitrogens is 4. The Balaban J connectivity index is 1.11. The number of piperidine rings is 1. The highest BCUT2D eigenvalue weighted by Crippen LogP contribution is 2.31. The molecule has 0 aliphatic carbocycles. The van der Waals surface area contributed by atoms with Gasteiger partial charge in [0.15, 0.2) is 0 Å². The predicted molar refractivity (Wildman–Crippen MR) is 126 cm³/mol. The summed E-state index contributed by atoms with van der Waals surface area (Å²) in [7, 11) is 0. The number of aromatic amines is 1. The number of aryl methyl sites for hydroxylation is 2. The fourth-order valence-electron chi connectivity index (χ4n) is 4.81. The number of fused-ring (bicyclic) bond motifs is 1. The molecule has 0 atom stereocenters. The summed E-state index contributed by atoms with van der Waals surface area (Å²) >= 11 is 0. The fraction of sp³-hybridized carbons (Fsp3) is 0.385. The highest BCUT2D eigenvalue weighted by Gasteiger charge is 2.33. The summed E-state index contributed by atoms with van der Waals surface area (Å²) in [6, 6.07) is 12.7. The third-order valence-corrected chi connectivity index (χ3v) is 6.92. The largest absolute Gasteiger partial charge is 0.361 e. The van der Waals surface area contributed by atoms with Gasteiger partial charge in [-0.25, -0.2) is 8.78 Å². The van der Waals surface area contributed by atoms with Gasteiger partial charge in [-0.05, 0) is 86.5 Å². The van der Waals surface area contributed by atoms with E-state index >= 15 is 4.39 Å². The predicted octanol–water partition coefficient (Wildman–Crippen LogP) is 5.26. The number of likely N-dealkylation sites (tertiary alicyclic amines) is 1. The van der Waals surface area contributed by atoms with Crippen LogP contribution in [0.2, 0.25) is 0 Å². The lowest BCUT2D eigenvalue weighted by Crippen LogP contribution is -2.42. The van der Waals surface area contributed by atoms with Crippen LogP contribution < -0.4 is 0 Å². The molecule has 172 valence electrons. The van der Waals surface area contributed by atoms with Crippen LogP contribution in [-0.4, -0.2) is 50.0 Å². The van der Waals surface area contributed by atoms with E-state index in [-0.39, 0.29) is 5.82 Å². The van der Waals surface area contributed by atoms with Crippen molar-refractivity contribution in [2.24, 2.45) is 0 Å². The number of halogens is 2. The molecule has 0 amide bonds. The van der Waals surface area contributed by atoms with Crippen molar-refractivity contribution in [3.8, 4) is 5.69 Å². The molecule has 7 heteroatoms. The highest BCUT2D eigenvalue weighted by molar-refractivity contribution is 5.85. The monoisotopic (exact) mass is 449 g/mol. The van der Waals surface area contributed by atoms with Crippen LogP contribution in [0.1, 0.15) is 36.8 Å². The number of H-pyrrole nitrogens is 1. The third kappa shape index (κ3) is 5.14. The fourth-order valence-corrected chi connectivity index (χ4v) is 4.81. The Kier molecular flexibility index (Phi) is 6.22. The van der Waals surface area contributed by atoms with Crippen LogP contribution in [0.3, 0.4) is 0 Å². The molecule has 1 aliphatic heterocycles. The maximum absolute atomic E-state index is 15.3. The van der Waals surface area contributed by atoms with Crippen molar-refractivity contribution in [3.05, 3.63) is 78.3 Å². The van der Waals surface area contributed by atoms with E-state index in [4.69, 9.17) is 0 Å². The van der Waals surface area contributed by atoms with Crippen molar-refractivity contribution in [3.63, 3.8) is 0 Å². The summed E-state index contributed by atoms with van der Waals surface area (Å²) in [6.45, 7) is 2.57. The average molecular weight is 450 g/mol. The van der Waals surface area contributed by atoms with Crippen LogP contribution in [0, 0.1) is 5.82 Å². The number of nitrogens with one attached hydrogen (secondary N) is 1. The Morgan fingerprint density at radius 3 is 2.48 bits per heavy atom. The molecule has 5 rings (SSSR count). The van der Waals surface area contributed by atoms with Crippen LogP contribution in [-0.2, 0) is 12.8 Å². The molecular formula is C26H29F2N5. The molecule has 33 heavy (non-hydrogen) atoms. The Labute approximate surface area is 192 Å². The van der Waals surface area contributed by atoms with Gasteiger partial charge in [-0.3, -0.25) is 4.57 Å². The van der Waals surface area contributed by atoms with Gasteiger partial charge in [-0.1, -0.05) is 12.1 Å². The molecular weight excluding hydrogens is 420 g/mol. The summed E-state index contributed by atoms with van der Waals surface area (Å²) in [5.74, 6) is -0.245. The summed E-state index contributed by atoms with van der Waals surface area (Å²) in [5, 5.41) is 9.00. The zero-order chi connectivity index (χ0) is 22.7. The first-order valence-corrected chi connectivity index (χ1v) is 11.7. The van der Waals surface area contributed by atoms with E-state index in [0.29, 0.717) is 25.7 Å². The molecule has 5 nitrogen and oxygen atoms in total. The molecule has 1 N–H and O–H groups in total. The van der Waals surface area contributed by atoms with Gasteiger partial charge in [0.2, 0.25) is 0 Å². The first-order chi connectivity index (χ1) is 16.1. The first-order valence-electron chi connectivity index (χ1n) is 11.7. The third-order valence-electron chi connectivity index (χ3n) is 6.92. The summed E-state index contributed by atoms with van der Waals surface area (Å²) in [6.07, 6.45) is 9.84. The van der Waals surface area contributed by atoms with Crippen LogP contribution in [0.15, 0.2) is 61.3 Å². The molecule has 0 radical (unpaired) electrons. The Morgan fingerprint density at radius 1 is 0.970 bits per heavy atom. The van der Waals surface area contributed by atoms with Gasteiger partial charge in [0.25, 0.3) is 0 Å². The van der Waals surface area contributed by atoms with Crippen molar-refractivity contribution in [1.82, 2.24) is 24.6 Å². The van der Waals surface area contributed by atoms with Crippen molar-refractivity contribution in [2.75, 3.05) is 19.6 Å². The van der Waals surface area contributed by atoms with Crippen LogP contribution in [0.4, 0.5) is 8.78 Å². The zero-order valence-corrected chi connectivity index (χ0v) is 18.7. The molecule has 3 heterocycles. The van der Waals surface area contributed by atoms with E-state index in [9.17, 15) is 4.39 Å². The van der Waals surface area contributed by atoms with Crippen molar-refractivity contribution in [1.29, 1.82) is 0 Å². The molecule has 1 saturated heterocycles. The van der Waals surface area contributed by atoms with Crippen LogP contribution >= 0.6 is 0 Å². The van der Waals surface area contributed by atoms with Crippen LogP contribution in [0.25, 0.3) is 16.6 Å². The molecule has 1 aliphatic rings. The zero-order valence-electron chi connectivity index (χ0n) is 18.7. The second-order valence-corrected chi connectivity index (χ2v) is 9.14. The second kappa shape index (κ2) is 9.43. The van der Waals surface area contributed by atoms with E-state index < -0.39 is 5.67 Å². The number of benzene rings is 2. The average Bonchev–Trinajstić information content (AvgIpc) is 3.50. The number of alkyl halides is 1. The van der Waals surface area contributed by atoms with Crippen LogP contribution in [0.5, 0.6) is 0 Å². The topological polar surface area (TPSA) is 49.7 Å². The second-order valence-electron chi connectivity index (χ2n) is 9.14. The molecule has 0 saturated carbocycles. The standard InChI is InChI=1S/C26H29F2N5/c27-22-5-3-20(4-6-22)9-10-26(28)11-14-32(15-12-26)13-1-2-21-17-29-25-8-7-23(16-24(21)25)33-18-30-31-19-33/h3-8,16-19,29H,1-2,9-15H2. The lowest BCUT2D eigenvalue weighted by Gasteiger charge is -2.36. The maximum atomic E-state index is 15.3. The van der Waals surface area contributed by atoms with E-state index in [2.05, 4.69) is 44.5 Å². The SMILES string of the molecule is Fc1ccc(CCC2(F)CCN(CCCc3c[nH]c4ccc(-n5cnnc5)cc34)CC2)cc1. The molecule has 0 unspecified atom stereocenters. The number of hydrogen-bond donors (Lipinski definition) is 1. The Hall–Kier alpha value is -3.06. The van der Waals surface area contributed by atoms with E-state index in [0.717, 1.165) is 49.2 Å². The van der Waals surface area contributed by atoms with Gasteiger partial charge >= 0.3 is 0 Å². The van der Waals surface area contributed by atoms with Crippen molar-refractivity contribution >= 4 is 10.9 Å². The number of nitrogens with zero attached hydrogens (tertiary/aromatic N) is 4. The number of hydrogen-bond acceptors (Lipinski definition) is 3. The lowest BCUT2D eigenvalue weighted by molar-refractivity contribution is 0.0508. The Morgan fingerprint density at radius 2 is 1.73 bits per heavy atom. The lowest BCUT2D eigenvalue weighted by atomic mass is 9.87. The minimum Gasteiger partial charge on any atom is -0.361 e. The van der Waals surface area contributed by atoms with E-state index in [1.54, 1.807) is 24.8 Å². The first kappa shape index (κ1) is 21.8. The van der Waals surface area contributed by atoms with Gasteiger partial charge < -0.3 is 9.88 Å². The van der Waals surface area contributed by atoms with Gasteiger partial charge in [0.05, 0.1) is 0 Å². The summed E-state index contributed by atoms with van der Waals surface area (Å²) in [5.41, 5.74) is 3.37. The summed E-state index contributed by atoms with van der Waals surface area (Å²) < 4.78 is 30.2. The Bertz CT molecular complexity index is 1180. The summed E-state index contributed by atoms with van der Waals surface area (Å²) in [4.78, 5) is 5.75. The normalized spacial score (nSPS) is 16.4. The van der Waals surface area contributed by atoms with E-state index in [1.165, 1.54) is 23.1 Å². The van der Waals surface area contributed by atoms with Gasteiger partial charge in [0, 0.05) is 35.9 Å². The minimum atomic E-state index is -1.11. The smallest absolute Gasteiger partial charge is 0.123 e. The van der Waals surface area contributed by atoms with E-state index in [1.807, 2.05) is 4.57 Å². The van der Waals surface area contributed by atoms with Gasteiger partial charge in [-0.15, -0.1) is 10.2 Å².